The summed E-state index contributed by atoms with van der Waals surface area (Å²) in [6, 6.07) is 5.80. The molecule has 0 amide bonds. The molecule has 35 heavy (non-hydrogen) atoms. The van der Waals surface area contributed by atoms with E-state index in [9.17, 15) is 23.1 Å². The second-order valence-corrected chi connectivity index (χ2v) is 9.76. The van der Waals surface area contributed by atoms with Crippen molar-refractivity contribution in [1.29, 1.82) is 0 Å². The topological polar surface area (TPSA) is 85.1 Å². The molecule has 2 fully saturated rings. The fourth-order valence-corrected chi connectivity index (χ4v) is 4.97. The van der Waals surface area contributed by atoms with Crippen molar-refractivity contribution < 1.29 is 28.2 Å². The molecule has 0 aliphatic carbocycles. The van der Waals surface area contributed by atoms with E-state index >= 15 is 0 Å². The van der Waals surface area contributed by atoms with E-state index < -0.39 is 24.1 Å². The van der Waals surface area contributed by atoms with Crippen LogP contribution in [0.25, 0.3) is 0 Å². The van der Waals surface area contributed by atoms with Gasteiger partial charge < -0.3 is 15.1 Å². The van der Waals surface area contributed by atoms with E-state index in [1.807, 2.05) is 16.8 Å². The van der Waals surface area contributed by atoms with Crippen LogP contribution < -0.4 is 4.90 Å². The Hall–Kier alpha value is -2.63. The maximum atomic E-state index is 13.6. The van der Waals surface area contributed by atoms with Crippen LogP contribution in [0.15, 0.2) is 30.5 Å². The minimum Gasteiger partial charge on any atom is -0.476 e. The predicted molar refractivity (Wildman–Crippen MR) is 124 cm³/mol. The molecule has 2 aromatic rings. The second kappa shape index (κ2) is 9.79. The van der Waals surface area contributed by atoms with E-state index in [2.05, 4.69) is 16.9 Å². The number of carboxylic acid groups (broad SMARTS) is 1. The van der Waals surface area contributed by atoms with Gasteiger partial charge in [0.1, 0.15) is 0 Å². The largest absolute Gasteiger partial charge is 0.476 e. The highest BCUT2D eigenvalue weighted by Gasteiger charge is 2.38. The first-order valence-corrected chi connectivity index (χ1v) is 11.8. The van der Waals surface area contributed by atoms with Gasteiger partial charge in [0.15, 0.2) is 5.69 Å². The number of aromatic nitrogens is 2. The molecule has 0 radical (unpaired) electrons. The van der Waals surface area contributed by atoms with Gasteiger partial charge in [-0.25, -0.2) is 9.48 Å². The highest BCUT2D eigenvalue weighted by atomic mass is 19.4. The average Bonchev–Trinajstić information content (AvgIpc) is 3.51. The number of aliphatic hydroxyl groups excluding tert-OH is 1. The first-order valence-electron chi connectivity index (χ1n) is 11.8. The minimum atomic E-state index is -4.39. The molecule has 11 heteroatoms. The molecule has 2 N–H and O–H groups in total. The number of nitrogens with zero attached hydrogens (tertiary/aromatic N) is 5. The summed E-state index contributed by atoms with van der Waals surface area (Å²) >= 11 is 0. The summed E-state index contributed by atoms with van der Waals surface area (Å²) in [6.07, 6.45) is -0.745. The second-order valence-electron chi connectivity index (χ2n) is 9.76. The molecule has 4 rings (SSSR count). The van der Waals surface area contributed by atoms with Crippen LogP contribution in [0.4, 0.5) is 18.9 Å². The molecular formula is C24H32F3N5O3. The van der Waals surface area contributed by atoms with Gasteiger partial charge in [0.05, 0.1) is 5.56 Å². The lowest BCUT2D eigenvalue weighted by Crippen LogP contribution is -2.53. The number of benzene rings is 1. The maximum absolute atomic E-state index is 13.6. The van der Waals surface area contributed by atoms with Gasteiger partial charge >= 0.3 is 12.1 Å². The number of rotatable bonds is 7. The van der Waals surface area contributed by atoms with Gasteiger partial charge in [-0.2, -0.15) is 18.3 Å². The van der Waals surface area contributed by atoms with Crippen LogP contribution in [0, 0.1) is 0 Å². The molecule has 0 bridgehead atoms. The Morgan fingerprint density at radius 3 is 2.40 bits per heavy atom. The Morgan fingerprint density at radius 1 is 1.17 bits per heavy atom. The molecule has 192 valence electrons. The third kappa shape index (κ3) is 5.46. The highest BCUT2D eigenvalue weighted by Crippen LogP contribution is 2.39. The number of aliphatic hydroxyl groups is 1. The molecular weight excluding hydrogens is 463 g/mol. The number of piperidine rings is 1. The zero-order valence-electron chi connectivity index (χ0n) is 20.0. The number of likely N-dealkylation sites (tertiary alicyclic amines) is 1. The van der Waals surface area contributed by atoms with Crippen LogP contribution in [0.3, 0.4) is 0 Å². The number of anilines is 1. The van der Waals surface area contributed by atoms with E-state index in [0.717, 1.165) is 31.2 Å². The standard InChI is InChI=1S/C24H32F3N5O3/c1-23(8-13-31(14-9-23)22(35)32-12-7-19(28-32)21(33)34)29(2)16-17-5-6-18(24(25,26)27)20(15-17)30-10-3-4-11-30/h5-7,12,15,22,35H,3-4,8-11,13-14,16H2,1-2H3,(H,33,34). The maximum Gasteiger partial charge on any atom is 0.418 e. The Bertz CT molecular complexity index is 1040. The molecule has 0 spiro atoms. The quantitative estimate of drug-likeness (QED) is 0.607. The van der Waals surface area contributed by atoms with Gasteiger partial charge in [-0.3, -0.25) is 9.80 Å². The van der Waals surface area contributed by atoms with Gasteiger partial charge in [0.2, 0.25) is 6.35 Å². The fraction of sp³-hybridized carbons (Fsp3) is 0.583. The summed E-state index contributed by atoms with van der Waals surface area (Å²) < 4.78 is 42.1. The van der Waals surface area contributed by atoms with E-state index in [1.54, 1.807) is 12.1 Å². The van der Waals surface area contributed by atoms with Crippen LogP contribution in [0.2, 0.25) is 0 Å². The summed E-state index contributed by atoms with van der Waals surface area (Å²) in [4.78, 5) is 16.9. The van der Waals surface area contributed by atoms with E-state index in [1.165, 1.54) is 23.0 Å². The molecule has 2 aliphatic rings. The number of hydrogen-bond donors (Lipinski definition) is 2. The van der Waals surface area contributed by atoms with Crippen molar-refractivity contribution in [3.05, 3.63) is 47.3 Å². The summed E-state index contributed by atoms with van der Waals surface area (Å²) in [6.45, 7) is 5.05. The van der Waals surface area contributed by atoms with Gasteiger partial charge in [0.25, 0.3) is 0 Å². The van der Waals surface area contributed by atoms with Crippen molar-refractivity contribution in [2.75, 3.05) is 38.1 Å². The summed E-state index contributed by atoms with van der Waals surface area (Å²) in [5.74, 6) is -1.15. The zero-order chi connectivity index (χ0) is 25.4. The molecule has 2 aliphatic heterocycles. The number of hydrogen-bond acceptors (Lipinski definition) is 6. The SMILES string of the molecule is CN(Cc1ccc(C(F)(F)F)c(N2CCCC2)c1)C1(C)CCN(C(O)n2ccc(C(=O)O)n2)CC1. The summed E-state index contributed by atoms with van der Waals surface area (Å²) in [5.41, 5.74) is 0.190. The normalized spacial score (nSPS) is 19.9. The first kappa shape index (κ1) is 25.5. The van der Waals surface area contributed by atoms with Crippen LogP contribution >= 0.6 is 0 Å². The molecule has 1 aromatic heterocycles. The van der Waals surface area contributed by atoms with Crippen molar-refractivity contribution >= 4 is 11.7 Å². The lowest BCUT2D eigenvalue weighted by molar-refractivity contribution is -0.137. The lowest BCUT2D eigenvalue weighted by atomic mass is 9.87. The molecule has 3 heterocycles. The zero-order valence-corrected chi connectivity index (χ0v) is 20.0. The highest BCUT2D eigenvalue weighted by molar-refractivity contribution is 5.85. The van der Waals surface area contributed by atoms with Gasteiger partial charge in [-0.05, 0) is 63.4 Å². The number of halogens is 3. The summed E-state index contributed by atoms with van der Waals surface area (Å²) in [7, 11) is 1.98. The average molecular weight is 496 g/mol. The molecule has 1 aromatic carbocycles. The van der Waals surface area contributed by atoms with Crippen LogP contribution in [-0.2, 0) is 12.7 Å². The molecule has 1 unspecified atom stereocenters. The predicted octanol–water partition coefficient (Wildman–Crippen LogP) is 3.64. The first-order chi connectivity index (χ1) is 16.5. The van der Waals surface area contributed by atoms with Gasteiger partial charge in [-0.15, -0.1) is 0 Å². The smallest absolute Gasteiger partial charge is 0.418 e. The van der Waals surface area contributed by atoms with Crippen LogP contribution in [-0.4, -0.2) is 74.5 Å². The van der Waals surface area contributed by atoms with Crippen LogP contribution in [0.1, 0.15) is 60.6 Å². The molecule has 2 saturated heterocycles. The summed E-state index contributed by atoms with van der Waals surface area (Å²) in [5, 5.41) is 23.6. The molecule has 8 nitrogen and oxygen atoms in total. The van der Waals surface area contributed by atoms with Gasteiger partial charge in [-0.1, -0.05) is 6.07 Å². The van der Waals surface area contributed by atoms with Gasteiger partial charge in [0, 0.05) is 50.1 Å². The molecule has 0 saturated carbocycles. The number of alkyl halides is 3. The Morgan fingerprint density at radius 2 is 1.83 bits per heavy atom. The molecule has 1 atom stereocenters. The fourth-order valence-electron chi connectivity index (χ4n) is 4.97. The van der Waals surface area contributed by atoms with E-state index in [-0.39, 0.29) is 16.9 Å². The minimum absolute atomic E-state index is 0.129. The third-order valence-corrected chi connectivity index (χ3v) is 7.42. The third-order valence-electron chi connectivity index (χ3n) is 7.42. The monoisotopic (exact) mass is 495 g/mol. The van der Waals surface area contributed by atoms with Crippen molar-refractivity contribution in [3.8, 4) is 0 Å². The Labute approximate surface area is 202 Å². The Kier molecular flexibility index (Phi) is 7.12. The van der Waals surface area contributed by atoms with Crippen molar-refractivity contribution in [1.82, 2.24) is 19.6 Å². The number of carboxylic acids is 1. The number of carbonyl (C=O) groups is 1. The Balaban J connectivity index is 1.42. The van der Waals surface area contributed by atoms with Crippen LogP contribution in [0.5, 0.6) is 0 Å². The number of aromatic carboxylic acids is 1. The van der Waals surface area contributed by atoms with Crippen molar-refractivity contribution in [2.45, 2.75) is 57.2 Å². The van der Waals surface area contributed by atoms with E-state index in [0.29, 0.717) is 32.7 Å². The van der Waals surface area contributed by atoms with E-state index in [4.69, 9.17) is 5.11 Å². The lowest BCUT2D eigenvalue weighted by Gasteiger charge is -2.46. The van der Waals surface area contributed by atoms with Crippen molar-refractivity contribution in [3.63, 3.8) is 0 Å². The van der Waals surface area contributed by atoms with Crippen molar-refractivity contribution in [2.24, 2.45) is 0 Å².